The van der Waals surface area contributed by atoms with Crippen LogP contribution in [0.5, 0.6) is 5.75 Å². The van der Waals surface area contributed by atoms with E-state index in [0.717, 1.165) is 18.9 Å². The molecule has 1 aromatic rings. The highest BCUT2D eigenvalue weighted by Gasteiger charge is 2.28. The van der Waals surface area contributed by atoms with E-state index in [2.05, 4.69) is 0 Å². The van der Waals surface area contributed by atoms with Crippen molar-refractivity contribution in [1.29, 1.82) is 0 Å². The minimum atomic E-state index is -0.697. The number of halogens is 1. The number of aromatic hydroxyl groups is 1. The van der Waals surface area contributed by atoms with Gasteiger partial charge in [-0.2, -0.15) is 0 Å². The predicted octanol–water partition coefficient (Wildman–Crippen LogP) is 1.34. The molecule has 1 fully saturated rings. The molecular weight excluding hydrogens is 235 g/mol. The molecule has 5 heteroatoms. The molecule has 1 aliphatic carbocycles. The number of hydrogen-bond donors (Lipinski definition) is 2. The van der Waals surface area contributed by atoms with E-state index in [0.29, 0.717) is 12.5 Å². The van der Waals surface area contributed by atoms with Crippen molar-refractivity contribution in [3.63, 3.8) is 0 Å². The SMILES string of the molecule is CN(CC1CC(N)C1)C(=O)c1ccc(O)cc1F. The van der Waals surface area contributed by atoms with Crippen LogP contribution in [0.15, 0.2) is 18.2 Å². The van der Waals surface area contributed by atoms with Crippen molar-refractivity contribution in [2.24, 2.45) is 11.7 Å². The highest BCUT2D eigenvalue weighted by atomic mass is 19.1. The number of carbonyl (C=O) groups is 1. The molecule has 18 heavy (non-hydrogen) atoms. The smallest absolute Gasteiger partial charge is 0.256 e. The van der Waals surface area contributed by atoms with E-state index in [1.54, 1.807) is 7.05 Å². The topological polar surface area (TPSA) is 66.6 Å². The number of phenols is 1. The summed E-state index contributed by atoms with van der Waals surface area (Å²) in [7, 11) is 1.65. The number of hydrogen-bond acceptors (Lipinski definition) is 3. The molecule has 98 valence electrons. The highest BCUT2D eigenvalue weighted by Crippen LogP contribution is 2.26. The van der Waals surface area contributed by atoms with Gasteiger partial charge >= 0.3 is 0 Å². The zero-order valence-corrected chi connectivity index (χ0v) is 10.3. The summed E-state index contributed by atoms with van der Waals surface area (Å²) in [6.07, 6.45) is 1.82. The Morgan fingerprint density at radius 3 is 2.78 bits per heavy atom. The monoisotopic (exact) mass is 252 g/mol. The Hall–Kier alpha value is -1.62. The summed E-state index contributed by atoms with van der Waals surface area (Å²) in [5, 5.41) is 9.10. The van der Waals surface area contributed by atoms with E-state index in [-0.39, 0.29) is 23.3 Å². The van der Waals surface area contributed by atoms with Gasteiger partial charge in [0.1, 0.15) is 11.6 Å². The Balaban J connectivity index is 2.01. The summed E-state index contributed by atoms with van der Waals surface area (Å²) in [6, 6.07) is 3.80. The van der Waals surface area contributed by atoms with Gasteiger partial charge in [0, 0.05) is 25.7 Å². The van der Waals surface area contributed by atoms with Gasteiger partial charge < -0.3 is 15.7 Å². The third-order valence-corrected chi connectivity index (χ3v) is 3.33. The lowest BCUT2D eigenvalue weighted by atomic mass is 9.80. The first kappa shape index (κ1) is 12.8. The minimum absolute atomic E-state index is 0.0149. The molecule has 3 N–H and O–H groups in total. The molecule has 0 atom stereocenters. The molecular formula is C13H17FN2O2. The van der Waals surface area contributed by atoms with Gasteiger partial charge in [-0.25, -0.2) is 4.39 Å². The molecule has 4 nitrogen and oxygen atoms in total. The van der Waals surface area contributed by atoms with Crippen LogP contribution >= 0.6 is 0 Å². The number of phenolic OH excluding ortho intramolecular Hbond substituents is 1. The lowest BCUT2D eigenvalue weighted by molar-refractivity contribution is 0.0729. The molecule has 0 aliphatic heterocycles. The summed E-state index contributed by atoms with van der Waals surface area (Å²) < 4.78 is 13.5. The normalized spacial score (nSPS) is 22.4. The van der Waals surface area contributed by atoms with Crippen LogP contribution in [0.3, 0.4) is 0 Å². The zero-order chi connectivity index (χ0) is 13.3. The molecule has 0 saturated heterocycles. The third kappa shape index (κ3) is 2.61. The molecule has 0 bridgehead atoms. The van der Waals surface area contributed by atoms with Crippen LogP contribution in [0, 0.1) is 11.7 Å². The molecule has 2 rings (SSSR count). The van der Waals surface area contributed by atoms with Crippen molar-refractivity contribution >= 4 is 5.91 Å². The second-order valence-electron chi connectivity index (χ2n) is 4.95. The van der Waals surface area contributed by atoms with Crippen LogP contribution in [-0.2, 0) is 0 Å². The Morgan fingerprint density at radius 1 is 1.56 bits per heavy atom. The number of amides is 1. The van der Waals surface area contributed by atoms with Crippen LogP contribution in [0.25, 0.3) is 0 Å². The molecule has 0 unspecified atom stereocenters. The maximum absolute atomic E-state index is 13.5. The lowest BCUT2D eigenvalue weighted by Gasteiger charge is -2.35. The first-order valence-corrected chi connectivity index (χ1v) is 5.97. The molecule has 1 saturated carbocycles. The summed E-state index contributed by atoms with van der Waals surface area (Å²) in [6.45, 7) is 0.590. The van der Waals surface area contributed by atoms with Crippen LogP contribution in [0.1, 0.15) is 23.2 Å². The summed E-state index contributed by atoms with van der Waals surface area (Å²) in [4.78, 5) is 13.5. The van der Waals surface area contributed by atoms with Crippen LogP contribution in [0.4, 0.5) is 4.39 Å². The second-order valence-corrected chi connectivity index (χ2v) is 4.95. The maximum Gasteiger partial charge on any atom is 0.256 e. The van der Waals surface area contributed by atoms with Gasteiger partial charge in [0.25, 0.3) is 5.91 Å². The highest BCUT2D eigenvalue weighted by molar-refractivity contribution is 5.94. The average Bonchev–Trinajstić information content (AvgIpc) is 2.26. The summed E-state index contributed by atoms with van der Waals surface area (Å²) >= 11 is 0. The third-order valence-electron chi connectivity index (χ3n) is 3.33. The van der Waals surface area contributed by atoms with E-state index in [9.17, 15) is 9.18 Å². The standard InChI is InChI=1S/C13H17FN2O2/c1-16(7-8-4-9(15)5-8)13(18)11-3-2-10(17)6-12(11)14/h2-3,6,8-9,17H,4-5,7,15H2,1H3. The first-order chi connectivity index (χ1) is 8.47. The van der Waals surface area contributed by atoms with Gasteiger partial charge in [-0.1, -0.05) is 0 Å². The van der Waals surface area contributed by atoms with Gasteiger partial charge in [-0.15, -0.1) is 0 Å². The quantitative estimate of drug-likeness (QED) is 0.853. The van der Waals surface area contributed by atoms with Gasteiger partial charge in [-0.05, 0) is 30.9 Å². The van der Waals surface area contributed by atoms with E-state index in [1.165, 1.54) is 17.0 Å². The van der Waals surface area contributed by atoms with Crippen molar-refractivity contribution in [3.05, 3.63) is 29.6 Å². The number of nitrogens with two attached hydrogens (primary N) is 1. The fourth-order valence-corrected chi connectivity index (χ4v) is 2.29. The zero-order valence-electron chi connectivity index (χ0n) is 10.3. The van der Waals surface area contributed by atoms with E-state index >= 15 is 0 Å². The molecule has 1 aromatic carbocycles. The average molecular weight is 252 g/mol. The van der Waals surface area contributed by atoms with Crippen LogP contribution in [0.2, 0.25) is 0 Å². The van der Waals surface area contributed by atoms with Gasteiger partial charge in [-0.3, -0.25) is 4.79 Å². The lowest BCUT2D eigenvalue weighted by Crippen LogP contribution is -2.43. The largest absolute Gasteiger partial charge is 0.508 e. The van der Waals surface area contributed by atoms with Gasteiger partial charge in [0.05, 0.1) is 5.56 Å². The molecule has 0 aromatic heterocycles. The number of benzene rings is 1. The predicted molar refractivity (Wildman–Crippen MR) is 65.7 cm³/mol. The van der Waals surface area contributed by atoms with Crippen molar-refractivity contribution in [2.75, 3.05) is 13.6 Å². The Kier molecular flexibility index (Phi) is 3.52. The molecule has 1 aliphatic rings. The minimum Gasteiger partial charge on any atom is -0.508 e. The summed E-state index contributed by atoms with van der Waals surface area (Å²) in [5.74, 6) is -0.837. The van der Waals surface area contributed by atoms with Crippen molar-refractivity contribution in [3.8, 4) is 5.75 Å². The molecule has 0 heterocycles. The van der Waals surface area contributed by atoms with Crippen LogP contribution < -0.4 is 5.73 Å². The Morgan fingerprint density at radius 2 is 2.22 bits per heavy atom. The number of rotatable bonds is 3. The first-order valence-electron chi connectivity index (χ1n) is 5.97. The Bertz CT molecular complexity index is 458. The number of nitrogens with zero attached hydrogens (tertiary/aromatic N) is 1. The fraction of sp³-hybridized carbons (Fsp3) is 0.462. The fourth-order valence-electron chi connectivity index (χ4n) is 2.29. The van der Waals surface area contributed by atoms with Crippen molar-refractivity contribution in [2.45, 2.75) is 18.9 Å². The number of carbonyl (C=O) groups excluding carboxylic acids is 1. The maximum atomic E-state index is 13.5. The van der Waals surface area contributed by atoms with Crippen molar-refractivity contribution in [1.82, 2.24) is 4.90 Å². The van der Waals surface area contributed by atoms with Crippen LogP contribution in [-0.4, -0.2) is 35.5 Å². The summed E-state index contributed by atoms with van der Waals surface area (Å²) in [5.41, 5.74) is 5.67. The molecule has 1 amide bonds. The molecule has 0 spiro atoms. The second kappa shape index (κ2) is 4.94. The van der Waals surface area contributed by atoms with E-state index in [4.69, 9.17) is 10.8 Å². The van der Waals surface area contributed by atoms with Gasteiger partial charge in [0.2, 0.25) is 0 Å². The van der Waals surface area contributed by atoms with E-state index < -0.39 is 5.82 Å². The Labute approximate surface area is 105 Å². The van der Waals surface area contributed by atoms with E-state index in [1.807, 2.05) is 0 Å². The van der Waals surface area contributed by atoms with Gasteiger partial charge in [0.15, 0.2) is 0 Å². The van der Waals surface area contributed by atoms with Crippen molar-refractivity contribution < 1.29 is 14.3 Å². The molecule has 0 radical (unpaired) electrons.